The first kappa shape index (κ1) is 26.4. The Bertz CT molecular complexity index is 1320. The summed E-state index contributed by atoms with van der Waals surface area (Å²) in [4.78, 5) is 25.4. The van der Waals surface area contributed by atoms with E-state index >= 15 is 0 Å². The van der Waals surface area contributed by atoms with Crippen molar-refractivity contribution in [1.29, 1.82) is 0 Å². The molecule has 0 unspecified atom stereocenters. The molecule has 10 heteroatoms. The van der Waals surface area contributed by atoms with Gasteiger partial charge in [-0.3, -0.25) is 9.59 Å². The van der Waals surface area contributed by atoms with E-state index in [0.717, 1.165) is 24.0 Å². The van der Waals surface area contributed by atoms with E-state index in [1.165, 1.54) is 0 Å². The largest absolute Gasteiger partial charge is 0.366 e. The van der Waals surface area contributed by atoms with E-state index < -0.39 is 0 Å². The van der Waals surface area contributed by atoms with E-state index in [-0.39, 0.29) is 16.6 Å². The number of amides is 2. The van der Waals surface area contributed by atoms with Crippen LogP contribution in [-0.4, -0.2) is 49.3 Å². The highest BCUT2D eigenvalue weighted by atomic mass is 35.5. The van der Waals surface area contributed by atoms with Crippen LogP contribution in [0.25, 0.3) is 0 Å². The van der Waals surface area contributed by atoms with E-state index in [4.69, 9.17) is 22.4 Å². The molecule has 4 aromatic rings. The summed E-state index contributed by atoms with van der Waals surface area (Å²) in [5.74, 6) is 0.314. The molecule has 1 aliphatic heterocycles. The summed E-state index contributed by atoms with van der Waals surface area (Å²) < 4.78 is 0. The fourth-order valence-corrected chi connectivity index (χ4v) is 4.66. The number of nitrogens with zero attached hydrogens (tertiary/aromatic N) is 5. The summed E-state index contributed by atoms with van der Waals surface area (Å²) in [5.41, 5.74) is 7.37. The SMILES string of the molecule is NC(=O)c1ccccc1.O=C(S)N1CCC(c2ccccc2)(c2nnn(Cc3ccc(Cl)cc3)n2)CC1. The molecule has 5 rings (SSSR count). The van der Waals surface area contributed by atoms with Gasteiger partial charge in [-0.2, -0.15) is 4.80 Å². The monoisotopic (exact) mass is 534 g/mol. The van der Waals surface area contributed by atoms with E-state index in [1.54, 1.807) is 34.0 Å². The second-order valence-electron chi connectivity index (χ2n) is 8.72. The van der Waals surface area contributed by atoms with Crippen LogP contribution in [0.4, 0.5) is 4.79 Å². The van der Waals surface area contributed by atoms with Crippen molar-refractivity contribution in [2.75, 3.05) is 13.1 Å². The lowest BCUT2D eigenvalue weighted by Gasteiger charge is -2.39. The van der Waals surface area contributed by atoms with Gasteiger partial charge in [0.15, 0.2) is 5.82 Å². The molecule has 0 saturated carbocycles. The molecule has 3 aromatic carbocycles. The average Bonchev–Trinajstić information content (AvgIpc) is 3.40. The van der Waals surface area contributed by atoms with Gasteiger partial charge >= 0.3 is 0 Å². The van der Waals surface area contributed by atoms with Gasteiger partial charge in [-0.05, 0) is 53.4 Å². The molecule has 1 saturated heterocycles. The van der Waals surface area contributed by atoms with Crippen molar-refractivity contribution >= 4 is 35.4 Å². The number of hydrogen-bond acceptors (Lipinski definition) is 5. The first-order chi connectivity index (χ1) is 17.9. The molecule has 2 amide bonds. The number of piperidine rings is 1. The topological polar surface area (TPSA) is 107 Å². The number of thiol groups is 1. The lowest BCUT2D eigenvalue weighted by Crippen LogP contribution is -2.44. The fraction of sp³-hybridized carbons (Fsp3) is 0.222. The molecule has 0 spiro atoms. The number of aromatic nitrogens is 4. The highest BCUT2D eigenvalue weighted by molar-refractivity contribution is 7.96. The van der Waals surface area contributed by atoms with Crippen LogP contribution in [0.2, 0.25) is 5.02 Å². The third-order valence-corrected chi connectivity index (χ3v) is 6.93. The second kappa shape index (κ2) is 12.0. The Morgan fingerprint density at radius 2 is 1.51 bits per heavy atom. The summed E-state index contributed by atoms with van der Waals surface area (Å²) in [7, 11) is 0. The fourth-order valence-electron chi connectivity index (χ4n) is 4.34. The summed E-state index contributed by atoms with van der Waals surface area (Å²) in [6, 6.07) is 26.6. The normalized spacial score (nSPS) is 14.4. The molecule has 1 aliphatic rings. The van der Waals surface area contributed by atoms with Crippen molar-refractivity contribution in [3.63, 3.8) is 0 Å². The van der Waals surface area contributed by atoms with Gasteiger partial charge in [0.25, 0.3) is 5.24 Å². The van der Waals surface area contributed by atoms with Gasteiger partial charge in [-0.15, -0.1) is 10.2 Å². The summed E-state index contributed by atoms with van der Waals surface area (Å²) in [6.45, 7) is 1.75. The van der Waals surface area contributed by atoms with Gasteiger partial charge in [0.1, 0.15) is 0 Å². The van der Waals surface area contributed by atoms with E-state index in [1.807, 2.05) is 48.5 Å². The molecule has 0 bridgehead atoms. The summed E-state index contributed by atoms with van der Waals surface area (Å²) in [6.07, 6.45) is 1.46. The Kier molecular flexibility index (Phi) is 8.58. The van der Waals surface area contributed by atoms with Crippen LogP contribution in [0.5, 0.6) is 0 Å². The predicted molar refractivity (Wildman–Crippen MR) is 146 cm³/mol. The third-order valence-electron chi connectivity index (χ3n) is 6.39. The maximum Gasteiger partial charge on any atom is 0.278 e. The number of carbonyl (C=O) groups is 2. The molecular formula is C27H27ClN6O2S. The third kappa shape index (κ3) is 6.55. The lowest BCUT2D eigenvalue weighted by atomic mass is 9.72. The number of benzene rings is 3. The molecule has 2 heterocycles. The van der Waals surface area contributed by atoms with E-state index in [0.29, 0.717) is 36.0 Å². The first-order valence-corrected chi connectivity index (χ1v) is 12.6. The Labute approximate surface area is 225 Å². The Hall–Kier alpha value is -3.69. The van der Waals surface area contributed by atoms with Crippen LogP contribution in [0.15, 0.2) is 84.9 Å². The van der Waals surface area contributed by atoms with Crippen LogP contribution in [0, 0.1) is 0 Å². The molecular weight excluding hydrogens is 508 g/mol. The molecule has 0 aliphatic carbocycles. The van der Waals surface area contributed by atoms with Crippen molar-refractivity contribution in [2.24, 2.45) is 5.73 Å². The van der Waals surface area contributed by atoms with Gasteiger partial charge in [-0.25, -0.2) is 0 Å². The Morgan fingerprint density at radius 1 is 0.919 bits per heavy atom. The number of primary amides is 1. The molecule has 0 radical (unpaired) electrons. The first-order valence-electron chi connectivity index (χ1n) is 11.8. The van der Waals surface area contributed by atoms with Gasteiger partial charge in [0.2, 0.25) is 5.91 Å². The molecule has 8 nitrogen and oxygen atoms in total. The minimum atomic E-state index is -0.379. The molecule has 1 aromatic heterocycles. The van der Waals surface area contributed by atoms with Crippen LogP contribution in [0.1, 0.15) is 40.2 Å². The number of halogens is 1. The Balaban J connectivity index is 0.000000301. The number of rotatable bonds is 5. The predicted octanol–water partition coefficient (Wildman–Crippen LogP) is 4.59. The zero-order valence-corrected chi connectivity index (χ0v) is 21.7. The zero-order chi connectivity index (χ0) is 26.3. The summed E-state index contributed by atoms with van der Waals surface area (Å²) >= 11 is 9.93. The smallest absolute Gasteiger partial charge is 0.278 e. The van der Waals surface area contributed by atoms with Gasteiger partial charge in [-0.1, -0.05) is 84.9 Å². The molecule has 190 valence electrons. The van der Waals surface area contributed by atoms with Crippen molar-refractivity contribution in [3.8, 4) is 0 Å². The number of carbonyl (C=O) groups excluding carboxylic acids is 2. The van der Waals surface area contributed by atoms with Gasteiger partial charge in [0, 0.05) is 23.7 Å². The van der Waals surface area contributed by atoms with Crippen molar-refractivity contribution < 1.29 is 9.59 Å². The molecule has 1 fully saturated rings. The molecule has 0 atom stereocenters. The van der Waals surface area contributed by atoms with Crippen LogP contribution in [0.3, 0.4) is 0 Å². The lowest BCUT2D eigenvalue weighted by molar-refractivity contribution is 0.1000. The standard InChI is InChI=1S/C20H20ClN5OS.C7H7NO/c21-17-8-6-15(7-9-17)14-26-23-18(22-24-26)20(16-4-2-1-3-5-16)10-12-25(13-11-20)19(27)28;8-7(9)6-4-2-1-3-5-6/h1-9H,10-14H2,(H,27,28);1-5H,(H2,8,9). The zero-order valence-electron chi connectivity index (χ0n) is 20.1. The highest BCUT2D eigenvalue weighted by Crippen LogP contribution is 2.40. The summed E-state index contributed by atoms with van der Waals surface area (Å²) in [5, 5.41) is 13.9. The number of tetrazole rings is 1. The van der Waals surface area contributed by atoms with Gasteiger partial charge < -0.3 is 10.6 Å². The van der Waals surface area contributed by atoms with Crippen LogP contribution >= 0.6 is 24.2 Å². The maximum absolute atomic E-state index is 11.6. The molecule has 2 N–H and O–H groups in total. The highest BCUT2D eigenvalue weighted by Gasteiger charge is 2.42. The maximum atomic E-state index is 11.6. The van der Waals surface area contributed by atoms with Crippen molar-refractivity contribution in [3.05, 3.63) is 112 Å². The Morgan fingerprint density at radius 3 is 2.05 bits per heavy atom. The average molecular weight is 535 g/mol. The van der Waals surface area contributed by atoms with Crippen molar-refractivity contribution in [2.45, 2.75) is 24.8 Å². The quantitative estimate of drug-likeness (QED) is 0.364. The van der Waals surface area contributed by atoms with Crippen LogP contribution in [-0.2, 0) is 12.0 Å². The van der Waals surface area contributed by atoms with E-state index in [9.17, 15) is 9.59 Å². The number of nitrogens with two attached hydrogens (primary N) is 1. The molecule has 37 heavy (non-hydrogen) atoms. The number of hydrogen-bond donors (Lipinski definition) is 2. The minimum Gasteiger partial charge on any atom is -0.366 e. The van der Waals surface area contributed by atoms with E-state index in [2.05, 4.69) is 35.1 Å². The van der Waals surface area contributed by atoms with Crippen LogP contribution < -0.4 is 5.73 Å². The minimum absolute atomic E-state index is 0.194. The van der Waals surface area contributed by atoms with Crippen molar-refractivity contribution in [1.82, 2.24) is 25.1 Å². The number of likely N-dealkylation sites (tertiary alicyclic amines) is 1. The van der Waals surface area contributed by atoms with Gasteiger partial charge in [0.05, 0.1) is 12.0 Å². The second-order valence-corrected chi connectivity index (χ2v) is 9.54.